The smallest absolute Gasteiger partial charge is 0.309 e. The maximum Gasteiger partial charge on any atom is 0.309 e. The number of benzene rings is 2. The summed E-state index contributed by atoms with van der Waals surface area (Å²) >= 11 is 0. The highest BCUT2D eigenvalue weighted by Crippen LogP contribution is 2.52. The van der Waals surface area contributed by atoms with Crippen LogP contribution in [0.2, 0.25) is 0 Å². The Morgan fingerprint density at radius 1 is 1.00 bits per heavy atom. The molecule has 0 aliphatic carbocycles. The first-order valence-electron chi connectivity index (χ1n) is 11.4. The van der Waals surface area contributed by atoms with Gasteiger partial charge in [0.05, 0.1) is 46.1 Å². The van der Waals surface area contributed by atoms with Crippen LogP contribution in [-0.4, -0.2) is 46.1 Å². The lowest BCUT2D eigenvalue weighted by Crippen LogP contribution is -2.45. The van der Waals surface area contributed by atoms with Crippen LogP contribution in [0, 0.1) is 17.3 Å². The van der Waals surface area contributed by atoms with E-state index in [0.717, 1.165) is 17.5 Å². The van der Waals surface area contributed by atoms with E-state index in [0.29, 0.717) is 36.0 Å². The largest absolute Gasteiger partial charge is 0.493 e. The van der Waals surface area contributed by atoms with Crippen LogP contribution in [-0.2, 0) is 21.6 Å². The standard InChI is InChI=1S/C27H36O7/c1-17(26(2,3)25(28)29)27(20-9-11-22(31-5)24(14-20)33-7)15-19(16-34-27)12-18-8-10-21(30-4)23(13-18)32-6/h8-11,13-14,17,19H,12,15-16H2,1-7H3,(H,28,29)/t17-,19-,27+/m1/s1. The quantitative estimate of drug-likeness (QED) is 0.524. The molecule has 7 heteroatoms. The van der Waals surface area contributed by atoms with Crippen molar-refractivity contribution in [2.45, 2.75) is 39.2 Å². The normalized spacial score (nSPS) is 21.1. The number of carboxylic acids is 1. The highest BCUT2D eigenvalue weighted by molar-refractivity contribution is 5.74. The number of carboxylic acid groups (broad SMARTS) is 1. The third kappa shape index (κ3) is 4.67. The SMILES string of the molecule is COc1ccc(C[C@H]2CO[C@](c3ccc(OC)c(OC)c3)([C@H](C)C(C)(C)C(=O)O)C2)cc1OC. The van der Waals surface area contributed by atoms with Crippen molar-refractivity contribution in [2.75, 3.05) is 35.0 Å². The Hall–Kier alpha value is -2.93. The molecule has 0 bridgehead atoms. The Labute approximate surface area is 201 Å². The van der Waals surface area contributed by atoms with Gasteiger partial charge in [0.1, 0.15) is 0 Å². The number of rotatable bonds is 10. The van der Waals surface area contributed by atoms with E-state index in [1.165, 1.54) is 0 Å². The zero-order valence-corrected chi connectivity index (χ0v) is 21.1. The third-order valence-electron chi connectivity index (χ3n) is 7.35. The summed E-state index contributed by atoms with van der Waals surface area (Å²) in [5.41, 5.74) is 0.204. The maximum absolute atomic E-state index is 12.2. The number of hydrogen-bond donors (Lipinski definition) is 1. The fourth-order valence-corrected chi connectivity index (χ4v) is 4.91. The first-order chi connectivity index (χ1) is 16.1. The Morgan fingerprint density at radius 2 is 1.56 bits per heavy atom. The Bertz CT molecular complexity index is 1020. The van der Waals surface area contributed by atoms with Crippen molar-refractivity contribution in [2.24, 2.45) is 17.3 Å². The monoisotopic (exact) mass is 472 g/mol. The Balaban J connectivity index is 1.99. The molecule has 0 unspecified atom stereocenters. The Morgan fingerprint density at radius 3 is 2.12 bits per heavy atom. The van der Waals surface area contributed by atoms with Crippen molar-refractivity contribution in [1.82, 2.24) is 0 Å². The van der Waals surface area contributed by atoms with Crippen molar-refractivity contribution in [3.63, 3.8) is 0 Å². The topological polar surface area (TPSA) is 83.5 Å². The van der Waals surface area contributed by atoms with Gasteiger partial charge in [-0.1, -0.05) is 19.1 Å². The van der Waals surface area contributed by atoms with Crippen LogP contribution in [0.15, 0.2) is 36.4 Å². The number of hydrogen-bond acceptors (Lipinski definition) is 6. The summed E-state index contributed by atoms with van der Waals surface area (Å²) in [6, 6.07) is 11.6. The summed E-state index contributed by atoms with van der Waals surface area (Å²) in [4.78, 5) is 12.2. The molecule has 0 amide bonds. The van der Waals surface area contributed by atoms with E-state index in [9.17, 15) is 9.90 Å². The van der Waals surface area contributed by atoms with Crippen molar-refractivity contribution >= 4 is 5.97 Å². The molecule has 0 radical (unpaired) electrons. The highest BCUT2D eigenvalue weighted by atomic mass is 16.5. The van der Waals surface area contributed by atoms with Gasteiger partial charge < -0.3 is 28.8 Å². The lowest BCUT2D eigenvalue weighted by Gasteiger charge is -2.42. The van der Waals surface area contributed by atoms with Crippen LogP contribution >= 0.6 is 0 Å². The molecule has 2 aromatic carbocycles. The fraction of sp³-hybridized carbons (Fsp3) is 0.519. The molecule has 1 heterocycles. The molecule has 7 nitrogen and oxygen atoms in total. The van der Waals surface area contributed by atoms with Crippen LogP contribution in [0.5, 0.6) is 23.0 Å². The van der Waals surface area contributed by atoms with Gasteiger partial charge in [-0.3, -0.25) is 4.79 Å². The zero-order valence-electron chi connectivity index (χ0n) is 21.1. The average Bonchev–Trinajstić information content (AvgIpc) is 3.27. The molecule has 1 aliphatic heterocycles. The summed E-state index contributed by atoms with van der Waals surface area (Å²) in [6.45, 7) is 5.99. The summed E-state index contributed by atoms with van der Waals surface area (Å²) in [6.07, 6.45) is 1.45. The molecule has 1 saturated heterocycles. The fourth-order valence-electron chi connectivity index (χ4n) is 4.91. The summed E-state index contributed by atoms with van der Waals surface area (Å²) < 4.78 is 28.3. The minimum atomic E-state index is -1.01. The summed E-state index contributed by atoms with van der Waals surface area (Å²) in [5, 5.41) is 10.00. The summed E-state index contributed by atoms with van der Waals surface area (Å²) in [7, 11) is 6.42. The lowest BCUT2D eigenvalue weighted by molar-refractivity contribution is -0.159. The second-order valence-electron chi connectivity index (χ2n) is 9.48. The van der Waals surface area contributed by atoms with Crippen molar-refractivity contribution in [3.05, 3.63) is 47.5 Å². The van der Waals surface area contributed by atoms with E-state index < -0.39 is 17.0 Å². The predicted molar refractivity (Wildman–Crippen MR) is 129 cm³/mol. The number of carbonyl (C=O) groups is 1. The average molecular weight is 473 g/mol. The molecule has 1 aliphatic rings. The van der Waals surface area contributed by atoms with Crippen LogP contribution < -0.4 is 18.9 Å². The number of methoxy groups -OCH3 is 4. The molecule has 1 fully saturated rings. The van der Waals surface area contributed by atoms with Gasteiger partial charge in [-0.25, -0.2) is 0 Å². The van der Waals surface area contributed by atoms with E-state index >= 15 is 0 Å². The van der Waals surface area contributed by atoms with E-state index in [1.807, 2.05) is 43.3 Å². The molecule has 186 valence electrons. The molecule has 34 heavy (non-hydrogen) atoms. The maximum atomic E-state index is 12.2. The highest BCUT2D eigenvalue weighted by Gasteiger charge is 2.53. The van der Waals surface area contributed by atoms with Crippen molar-refractivity contribution in [1.29, 1.82) is 0 Å². The predicted octanol–water partition coefficient (Wildman–Crippen LogP) is 4.94. The van der Waals surface area contributed by atoms with Gasteiger partial charge in [0.15, 0.2) is 23.0 Å². The van der Waals surface area contributed by atoms with Gasteiger partial charge in [0.25, 0.3) is 0 Å². The number of ether oxygens (including phenoxy) is 5. The van der Waals surface area contributed by atoms with Gasteiger partial charge in [-0.05, 0) is 68.0 Å². The second kappa shape index (κ2) is 10.1. The van der Waals surface area contributed by atoms with E-state index in [-0.39, 0.29) is 11.8 Å². The van der Waals surface area contributed by atoms with Gasteiger partial charge in [0, 0.05) is 5.92 Å². The minimum Gasteiger partial charge on any atom is -0.493 e. The molecule has 0 saturated carbocycles. The molecule has 2 aromatic rings. The first kappa shape index (κ1) is 25.7. The summed E-state index contributed by atoms with van der Waals surface area (Å²) in [5.74, 6) is 1.60. The van der Waals surface area contributed by atoms with Crippen LogP contribution in [0.4, 0.5) is 0 Å². The van der Waals surface area contributed by atoms with Gasteiger partial charge >= 0.3 is 5.97 Å². The van der Waals surface area contributed by atoms with Gasteiger partial charge in [-0.15, -0.1) is 0 Å². The van der Waals surface area contributed by atoms with Crippen LogP contribution in [0.25, 0.3) is 0 Å². The molecule has 0 aromatic heterocycles. The van der Waals surface area contributed by atoms with E-state index in [4.69, 9.17) is 23.7 Å². The molecule has 1 N–H and O–H groups in total. The van der Waals surface area contributed by atoms with Crippen molar-refractivity contribution < 1.29 is 33.6 Å². The third-order valence-corrected chi connectivity index (χ3v) is 7.35. The molecular weight excluding hydrogens is 436 g/mol. The van der Waals surface area contributed by atoms with Crippen LogP contribution in [0.3, 0.4) is 0 Å². The van der Waals surface area contributed by atoms with Gasteiger partial charge in [0.2, 0.25) is 0 Å². The van der Waals surface area contributed by atoms with Crippen molar-refractivity contribution in [3.8, 4) is 23.0 Å². The van der Waals surface area contributed by atoms with E-state index in [1.54, 1.807) is 42.3 Å². The zero-order chi connectivity index (χ0) is 25.1. The van der Waals surface area contributed by atoms with Crippen LogP contribution in [0.1, 0.15) is 38.3 Å². The molecule has 3 rings (SSSR count). The molecule has 3 atom stereocenters. The molecule has 0 spiro atoms. The first-order valence-corrected chi connectivity index (χ1v) is 11.4. The van der Waals surface area contributed by atoms with Gasteiger partial charge in [-0.2, -0.15) is 0 Å². The second-order valence-corrected chi connectivity index (χ2v) is 9.48. The minimum absolute atomic E-state index is 0.193. The Kier molecular flexibility index (Phi) is 7.66. The molecular formula is C27H36O7. The lowest BCUT2D eigenvalue weighted by atomic mass is 9.65. The van der Waals surface area contributed by atoms with E-state index in [2.05, 4.69) is 0 Å². The number of aliphatic carboxylic acids is 1.